The van der Waals surface area contributed by atoms with Crippen molar-refractivity contribution in [1.29, 1.82) is 0 Å². The van der Waals surface area contributed by atoms with Crippen molar-refractivity contribution in [3.8, 4) is 0 Å². The van der Waals surface area contributed by atoms with Crippen LogP contribution in [0.2, 0.25) is 0 Å². The molecule has 0 aliphatic carbocycles. The van der Waals surface area contributed by atoms with Gasteiger partial charge in [-0.15, -0.1) is 0 Å². The number of carbonyl (C=O) groups is 1. The van der Waals surface area contributed by atoms with Gasteiger partial charge in [0, 0.05) is 48.0 Å². The lowest BCUT2D eigenvalue weighted by Crippen LogP contribution is -2.60. The summed E-state index contributed by atoms with van der Waals surface area (Å²) in [5.74, 6) is -0.108. The summed E-state index contributed by atoms with van der Waals surface area (Å²) in [7, 11) is 0. The molecule has 2 saturated heterocycles. The fourth-order valence-electron chi connectivity index (χ4n) is 6.31. The van der Waals surface area contributed by atoms with E-state index in [1.807, 2.05) is 27.7 Å². The van der Waals surface area contributed by atoms with Crippen LogP contribution in [0.5, 0.6) is 0 Å². The molecule has 0 amide bonds. The Morgan fingerprint density at radius 1 is 0.657 bits per heavy atom. The number of hydrogen-bond acceptors (Lipinski definition) is 7. The van der Waals surface area contributed by atoms with Crippen molar-refractivity contribution in [2.24, 2.45) is 0 Å². The molecular weight excluding hydrogens is 444 g/mol. The topological polar surface area (TPSA) is 82.5 Å². The van der Waals surface area contributed by atoms with Gasteiger partial charge in [0.25, 0.3) is 0 Å². The zero-order chi connectivity index (χ0) is 26.5. The molecule has 2 rings (SSSR count). The third kappa shape index (κ3) is 8.96. The standard InChI is InChI=1S/C28H54N2O5/c1-25(2)18-22(19-26(3,4)29(25)32)34-17-15-13-11-9-10-12-14-16-24(31)35-23-20-27(5,6)30(33)28(7,8)21-23/h22-23,32-33H,9-21H2,1-8H3. The molecule has 2 aliphatic heterocycles. The molecule has 2 aliphatic rings. The monoisotopic (exact) mass is 498 g/mol. The van der Waals surface area contributed by atoms with Crippen LogP contribution in [0, 0.1) is 0 Å². The molecule has 0 unspecified atom stereocenters. The summed E-state index contributed by atoms with van der Waals surface area (Å²) in [6, 6.07) is 0. The summed E-state index contributed by atoms with van der Waals surface area (Å²) in [5.41, 5.74) is -1.32. The van der Waals surface area contributed by atoms with Crippen molar-refractivity contribution in [2.75, 3.05) is 6.61 Å². The SMILES string of the molecule is CC1(C)CC(OCCCCCCCCCC(=O)OC2CC(C)(C)N(O)C(C)(C)C2)CC(C)(C)N1O. The first-order valence-corrected chi connectivity index (χ1v) is 13.9. The lowest BCUT2D eigenvalue weighted by atomic mass is 9.80. The van der Waals surface area contributed by atoms with E-state index in [1.165, 1.54) is 29.4 Å². The molecule has 0 radical (unpaired) electrons. The third-order valence-corrected chi connectivity index (χ3v) is 7.88. The van der Waals surface area contributed by atoms with Crippen molar-refractivity contribution in [3.63, 3.8) is 0 Å². The van der Waals surface area contributed by atoms with E-state index in [-0.39, 0.29) is 29.3 Å². The number of esters is 1. The molecule has 0 aromatic rings. The molecule has 7 heteroatoms. The minimum absolute atomic E-state index is 0.108. The number of piperidine rings is 2. The molecule has 0 spiro atoms. The zero-order valence-electron chi connectivity index (χ0n) is 23.9. The summed E-state index contributed by atoms with van der Waals surface area (Å²) in [6.07, 6.45) is 11.3. The van der Waals surface area contributed by atoms with E-state index >= 15 is 0 Å². The zero-order valence-corrected chi connectivity index (χ0v) is 23.9. The molecular formula is C28H54N2O5. The van der Waals surface area contributed by atoms with Crippen LogP contribution < -0.4 is 0 Å². The van der Waals surface area contributed by atoms with E-state index in [0.29, 0.717) is 19.3 Å². The molecule has 2 fully saturated rings. The van der Waals surface area contributed by atoms with Crippen molar-refractivity contribution in [1.82, 2.24) is 10.1 Å². The van der Waals surface area contributed by atoms with Gasteiger partial charge in [-0.25, -0.2) is 0 Å². The first kappa shape index (κ1) is 30.5. The molecule has 0 bridgehead atoms. The molecule has 35 heavy (non-hydrogen) atoms. The number of rotatable bonds is 12. The van der Waals surface area contributed by atoms with E-state index in [1.54, 1.807) is 0 Å². The minimum atomic E-state index is -0.401. The van der Waals surface area contributed by atoms with Crippen LogP contribution in [0.15, 0.2) is 0 Å². The molecule has 206 valence electrons. The van der Waals surface area contributed by atoms with Gasteiger partial charge in [0.2, 0.25) is 0 Å². The van der Waals surface area contributed by atoms with Crippen LogP contribution >= 0.6 is 0 Å². The fourth-order valence-corrected chi connectivity index (χ4v) is 6.31. The van der Waals surface area contributed by atoms with Gasteiger partial charge in [0.15, 0.2) is 0 Å². The number of unbranched alkanes of at least 4 members (excludes halogenated alkanes) is 6. The van der Waals surface area contributed by atoms with E-state index in [9.17, 15) is 15.2 Å². The molecule has 2 heterocycles. The minimum Gasteiger partial charge on any atom is -0.462 e. The average molecular weight is 499 g/mol. The molecule has 0 saturated carbocycles. The van der Waals surface area contributed by atoms with Crippen LogP contribution in [0.4, 0.5) is 0 Å². The first-order valence-electron chi connectivity index (χ1n) is 13.9. The highest BCUT2D eigenvalue weighted by molar-refractivity contribution is 5.69. The fraction of sp³-hybridized carbons (Fsp3) is 0.964. The maximum atomic E-state index is 12.3. The Morgan fingerprint density at radius 3 is 1.49 bits per heavy atom. The quantitative estimate of drug-likeness (QED) is 0.235. The summed E-state index contributed by atoms with van der Waals surface area (Å²) in [5, 5.41) is 23.7. The summed E-state index contributed by atoms with van der Waals surface area (Å²) in [4.78, 5) is 12.3. The number of hydroxylamine groups is 4. The first-order chi connectivity index (χ1) is 16.1. The second kappa shape index (κ2) is 12.2. The van der Waals surface area contributed by atoms with Gasteiger partial charge in [-0.2, -0.15) is 10.1 Å². The third-order valence-electron chi connectivity index (χ3n) is 7.88. The van der Waals surface area contributed by atoms with Gasteiger partial charge < -0.3 is 19.9 Å². The molecule has 7 nitrogen and oxygen atoms in total. The average Bonchev–Trinajstić information content (AvgIpc) is 2.70. The van der Waals surface area contributed by atoms with Crippen LogP contribution in [-0.2, 0) is 14.3 Å². The van der Waals surface area contributed by atoms with Crippen molar-refractivity contribution in [2.45, 2.75) is 167 Å². The van der Waals surface area contributed by atoms with E-state index in [2.05, 4.69) is 27.7 Å². The Bertz CT molecular complexity index is 640. The van der Waals surface area contributed by atoms with Crippen LogP contribution in [-0.4, -0.2) is 67.5 Å². The van der Waals surface area contributed by atoms with Gasteiger partial charge in [-0.05, 0) is 81.1 Å². The van der Waals surface area contributed by atoms with E-state index < -0.39 is 11.1 Å². The number of carbonyl (C=O) groups excluding carboxylic acids is 1. The van der Waals surface area contributed by atoms with Gasteiger partial charge in [0.1, 0.15) is 6.10 Å². The van der Waals surface area contributed by atoms with Crippen molar-refractivity contribution >= 4 is 5.97 Å². The summed E-state index contributed by atoms with van der Waals surface area (Å²) < 4.78 is 11.9. The van der Waals surface area contributed by atoms with Crippen molar-refractivity contribution in [3.05, 3.63) is 0 Å². The highest BCUT2D eigenvalue weighted by Crippen LogP contribution is 2.39. The molecule has 0 aromatic heterocycles. The maximum absolute atomic E-state index is 12.3. The second-order valence-electron chi connectivity index (χ2n) is 13.5. The normalized spacial score (nSPS) is 25.0. The Balaban J connectivity index is 1.49. The van der Waals surface area contributed by atoms with Gasteiger partial charge in [-0.3, -0.25) is 4.79 Å². The van der Waals surface area contributed by atoms with Crippen LogP contribution in [0.25, 0.3) is 0 Å². The Kier molecular flexibility index (Phi) is 10.6. The Morgan fingerprint density at radius 2 is 1.03 bits per heavy atom. The number of ether oxygens (including phenoxy) is 2. The van der Waals surface area contributed by atoms with Crippen molar-refractivity contribution < 1.29 is 24.7 Å². The summed E-state index contributed by atoms with van der Waals surface area (Å²) in [6.45, 7) is 17.0. The number of nitrogens with zero attached hydrogens (tertiary/aromatic N) is 2. The van der Waals surface area contributed by atoms with E-state index in [4.69, 9.17) is 9.47 Å². The lowest BCUT2D eigenvalue weighted by Gasteiger charge is -2.51. The molecule has 2 N–H and O–H groups in total. The number of hydrogen-bond donors (Lipinski definition) is 2. The Hall–Kier alpha value is -0.730. The van der Waals surface area contributed by atoms with E-state index in [0.717, 1.165) is 45.1 Å². The second-order valence-corrected chi connectivity index (χ2v) is 13.5. The predicted octanol–water partition coefficient (Wildman–Crippen LogP) is 6.49. The largest absolute Gasteiger partial charge is 0.462 e. The summed E-state index contributed by atoms with van der Waals surface area (Å²) >= 11 is 0. The highest BCUT2D eigenvalue weighted by atomic mass is 16.5. The highest BCUT2D eigenvalue weighted by Gasteiger charge is 2.47. The maximum Gasteiger partial charge on any atom is 0.306 e. The van der Waals surface area contributed by atoms with Gasteiger partial charge in [-0.1, -0.05) is 32.1 Å². The lowest BCUT2D eigenvalue weighted by molar-refractivity contribution is -0.261. The van der Waals surface area contributed by atoms with Crippen LogP contribution in [0.1, 0.15) is 132 Å². The smallest absolute Gasteiger partial charge is 0.306 e. The van der Waals surface area contributed by atoms with Gasteiger partial charge in [0.05, 0.1) is 6.10 Å². The molecule has 0 atom stereocenters. The Labute approximate surface area is 214 Å². The predicted molar refractivity (Wildman–Crippen MR) is 139 cm³/mol. The van der Waals surface area contributed by atoms with Crippen LogP contribution in [0.3, 0.4) is 0 Å². The van der Waals surface area contributed by atoms with Gasteiger partial charge >= 0.3 is 5.97 Å². The molecule has 0 aromatic carbocycles.